The molecule has 1 aromatic carbocycles. The van der Waals surface area contributed by atoms with E-state index in [0.717, 1.165) is 24.0 Å². The van der Waals surface area contributed by atoms with Gasteiger partial charge in [-0.1, -0.05) is 36.9 Å². The quantitative estimate of drug-likeness (QED) is 0.847. The van der Waals surface area contributed by atoms with E-state index in [1.165, 1.54) is 19.3 Å². The molecule has 2 nitrogen and oxygen atoms in total. The number of phenolic OH excluding ortho intramolecular Hbond substituents is 1. The van der Waals surface area contributed by atoms with E-state index in [2.05, 4.69) is 0 Å². The molecule has 0 radical (unpaired) electrons. The zero-order valence-corrected chi connectivity index (χ0v) is 11.1. The molecule has 94 valence electrons. The molecule has 1 aliphatic rings. The lowest BCUT2D eigenvalue weighted by molar-refractivity contribution is 0.289. The number of benzene rings is 1. The van der Waals surface area contributed by atoms with Crippen molar-refractivity contribution >= 4 is 11.6 Å². The molecule has 2 rings (SSSR count). The Morgan fingerprint density at radius 1 is 1.29 bits per heavy atom. The van der Waals surface area contributed by atoms with Crippen LogP contribution in [0.3, 0.4) is 0 Å². The van der Waals surface area contributed by atoms with Crippen LogP contribution in [0.4, 0.5) is 0 Å². The van der Waals surface area contributed by atoms with Crippen LogP contribution >= 0.6 is 11.6 Å². The van der Waals surface area contributed by atoms with Crippen molar-refractivity contribution in [2.24, 2.45) is 5.73 Å². The third-order valence-corrected chi connectivity index (χ3v) is 4.37. The Morgan fingerprint density at radius 3 is 2.53 bits per heavy atom. The molecule has 0 heterocycles. The maximum Gasteiger partial charge on any atom is 0.138 e. The summed E-state index contributed by atoms with van der Waals surface area (Å²) >= 11 is 6.03. The predicted molar refractivity (Wildman–Crippen MR) is 71.7 cm³/mol. The molecule has 0 amide bonds. The number of halogens is 1. The predicted octanol–water partition coefficient (Wildman–Crippen LogP) is 3.51. The average molecular weight is 254 g/mol. The standard InChI is InChI=1S/C14H20ClNO/c1-10-5-6-11(15)13(17)12(10)14(9-16)7-3-2-4-8-14/h5-6,17H,2-4,7-9,16H2,1H3. The molecule has 1 saturated carbocycles. The minimum atomic E-state index is -0.0721. The van der Waals surface area contributed by atoms with E-state index in [1.54, 1.807) is 6.07 Å². The zero-order valence-electron chi connectivity index (χ0n) is 10.3. The van der Waals surface area contributed by atoms with Crippen LogP contribution < -0.4 is 5.73 Å². The van der Waals surface area contributed by atoms with Crippen molar-refractivity contribution < 1.29 is 5.11 Å². The highest BCUT2D eigenvalue weighted by Crippen LogP contribution is 2.45. The molecule has 0 aromatic heterocycles. The van der Waals surface area contributed by atoms with Crippen LogP contribution in [0.1, 0.15) is 43.2 Å². The molecule has 1 aromatic rings. The Kier molecular flexibility index (Phi) is 3.64. The van der Waals surface area contributed by atoms with Gasteiger partial charge in [0, 0.05) is 17.5 Å². The Hall–Kier alpha value is -0.730. The number of aromatic hydroxyl groups is 1. The number of phenols is 1. The van der Waals surface area contributed by atoms with Crippen molar-refractivity contribution in [3.8, 4) is 5.75 Å². The van der Waals surface area contributed by atoms with Crippen molar-refractivity contribution in [3.05, 3.63) is 28.3 Å². The van der Waals surface area contributed by atoms with Crippen molar-refractivity contribution in [3.63, 3.8) is 0 Å². The van der Waals surface area contributed by atoms with Gasteiger partial charge in [0.1, 0.15) is 5.75 Å². The van der Waals surface area contributed by atoms with Crippen LogP contribution in [-0.2, 0) is 5.41 Å². The largest absolute Gasteiger partial charge is 0.506 e. The van der Waals surface area contributed by atoms with E-state index < -0.39 is 0 Å². The molecule has 0 aliphatic heterocycles. The van der Waals surface area contributed by atoms with Gasteiger partial charge in [-0.2, -0.15) is 0 Å². The highest BCUT2D eigenvalue weighted by molar-refractivity contribution is 6.32. The first kappa shape index (κ1) is 12.7. The highest BCUT2D eigenvalue weighted by Gasteiger charge is 2.36. The van der Waals surface area contributed by atoms with Gasteiger partial charge in [-0.15, -0.1) is 0 Å². The van der Waals surface area contributed by atoms with Gasteiger partial charge in [0.15, 0.2) is 0 Å². The van der Waals surface area contributed by atoms with Crippen LogP contribution in [-0.4, -0.2) is 11.7 Å². The number of rotatable bonds is 2. The monoisotopic (exact) mass is 253 g/mol. The van der Waals surface area contributed by atoms with Gasteiger partial charge in [0.25, 0.3) is 0 Å². The van der Waals surface area contributed by atoms with Gasteiger partial charge in [-0.05, 0) is 31.4 Å². The minimum Gasteiger partial charge on any atom is -0.506 e. The lowest BCUT2D eigenvalue weighted by Crippen LogP contribution is -2.37. The number of aryl methyl sites for hydroxylation is 1. The van der Waals surface area contributed by atoms with Crippen LogP contribution in [0.5, 0.6) is 5.75 Å². The second-order valence-electron chi connectivity index (χ2n) is 5.13. The smallest absolute Gasteiger partial charge is 0.138 e. The molecule has 0 atom stereocenters. The molecule has 1 fully saturated rings. The zero-order chi connectivity index (χ0) is 12.5. The summed E-state index contributed by atoms with van der Waals surface area (Å²) in [5.74, 6) is 0.235. The van der Waals surface area contributed by atoms with Crippen molar-refractivity contribution in [1.29, 1.82) is 0 Å². The Bertz CT molecular complexity index is 411. The molecule has 1 aliphatic carbocycles. The second-order valence-corrected chi connectivity index (χ2v) is 5.54. The molecule has 0 unspecified atom stereocenters. The van der Waals surface area contributed by atoms with Gasteiger partial charge in [0.2, 0.25) is 0 Å². The van der Waals surface area contributed by atoms with E-state index >= 15 is 0 Å². The summed E-state index contributed by atoms with van der Waals surface area (Å²) in [6.07, 6.45) is 5.74. The number of hydrogen-bond donors (Lipinski definition) is 2. The number of hydrogen-bond acceptors (Lipinski definition) is 2. The fraction of sp³-hybridized carbons (Fsp3) is 0.571. The third-order valence-electron chi connectivity index (χ3n) is 4.07. The van der Waals surface area contributed by atoms with E-state index in [4.69, 9.17) is 17.3 Å². The SMILES string of the molecule is Cc1ccc(Cl)c(O)c1C1(CN)CCCCC1. The first-order valence-corrected chi connectivity index (χ1v) is 6.67. The maximum absolute atomic E-state index is 10.2. The van der Waals surface area contributed by atoms with Crippen molar-refractivity contribution in [2.75, 3.05) is 6.54 Å². The fourth-order valence-electron chi connectivity index (χ4n) is 3.12. The molecule has 3 heteroatoms. The summed E-state index contributed by atoms with van der Waals surface area (Å²) in [7, 11) is 0. The van der Waals surface area contributed by atoms with E-state index in [-0.39, 0.29) is 11.2 Å². The molecule has 0 bridgehead atoms. The summed E-state index contributed by atoms with van der Waals surface area (Å²) in [5.41, 5.74) is 8.01. The topological polar surface area (TPSA) is 46.2 Å². The Morgan fingerprint density at radius 2 is 1.94 bits per heavy atom. The molecular weight excluding hydrogens is 234 g/mol. The van der Waals surface area contributed by atoms with E-state index in [1.807, 2.05) is 13.0 Å². The first-order valence-electron chi connectivity index (χ1n) is 6.29. The van der Waals surface area contributed by atoms with Crippen LogP contribution in [0, 0.1) is 6.92 Å². The number of nitrogens with two attached hydrogens (primary N) is 1. The molecule has 3 N–H and O–H groups in total. The van der Waals surface area contributed by atoms with Crippen molar-refractivity contribution in [2.45, 2.75) is 44.4 Å². The van der Waals surface area contributed by atoms with Gasteiger partial charge in [-0.3, -0.25) is 0 Å². The normalized spacial score (nSPS) is 19.2. The van der Waals surface area contributed by atoms with E-state index in [9.17, 15) is 5.11 Å². The summed E-state index contributed by atoms with van der Waals surface area (Å²) in [4.78, 5) is 0. The van der Waals surface area contributed by atoms with Crippen LogP contribution in [0.25, 0.3) is 0 Å². The lowest BCUT2D eigenvalue weighted by Gasteiger charge is -2.38. The summed E-state index contributed by atoms with van der Waals surface area (Å²) < 4.78 is 0. The minimum absolute atomic E-state index is 0.0721. The maximum atomic E-state index is 10.2. The third kappa shape index (κ3) is 2.16. The summed E-state index contributed by atoms with van der Waals surface area (Å²) in [5, 5.41) is 10.7. The molecule has 0 saturated heterocycles. The first-order chi connectivity index (χ1) is 8.10. The molecule has 0 spiro atoms. The van der Waals surface area contributed by atoms with Crippen LogP contribution in [0.2, 0.25) is 5.02 Å². The van der Waals surface area contributed by atoms with Gasteiger partial charge < -0.3 is 10.8 Å². The van der Waals surface area contributed by atoms with Crippen LogP contribution in [0.15, 0.2) is 12.1 Å². The molecule has 17 heavy (non-hydrogen) atoms. The van der Waals surface area contributed by atoms with Gasteiger partial charge >= 0.3 is 0 Å². The van der Waals surface area contributed by atoms with E-state index in [0.29, 0.717) is 11.6 Å². The summed E-state index contributed by atoms with van der Waals surface area (Å²) in [6, 6.07) is 3.73. The molecular formula is C14H20ClNO. The summed E-state index contributed by atoms with van der Waals surface area (Å²) in [6.45, 7) is 2.61. The van der Waals surface area contributed by atoms with Gasteiger partial charge in [-0.25, -0.2) is 0 Å². The average Bonchev–Trinajstić information content (AvgIpc) is 2.35. The Labute approximate surface area is 108 Å². The Balaban J connectivity index is 2.53. The lowest BCUT2D eigenvalue weighted by atomic mass is 9.68. The van der Waals surface area contributed by atoms with Gasteiger partial charge in [0.05, 0.1) is 5.02 Å². The second kappa shape index (κ2) is 4.87. The van der Waals surface area contributed by atoms with Crippen molar-refractivity contribution in [1.82, 2.24) is 0 Å². The fourth-order valence-corrected chi connectivity index (χ4v) is 3.28. The highest BCUT2D eigenvalue weighted by atomic mass is 35.5.